The van der Waals surface area contributed by atoms with Crippen molar-refractivity contribution in [1.82, 2.24) is 15.0 Å². The number of aromatic nitrogens is 3. The number of hydrogen-bond acceptors (Lipinski definition) is 5. The van der Waals surface area contributed by atoms with Crippen LogP contribution in [0.1, 0.15) is 5.56 Å². The molecule has 0 unspecified atom stereocenters. The van der Waals surface area contributed by atoms with Crippen molar-refractivity contribution in [2.45, 2.75) is 0 Å². The number of ether oxygens (including phenoxy) is 2. The van der Waals surface area contributed by atoms with Gasteiger partial charge in [-0.25, -0.2) is 9.48 Å². The zero-order valence-corrected chi connectivity index (χ0v) is 10.4. The summed E-state index contributed by atoms with van der Waals surface area (Å²) in [5.41, 5.74) is 2.32. The highest BCUT2D eigenvalue weighted by Crippen LogP contribution is 2.26. The molecule has 0 atom stereocenters. The quantitative estimate of drug-likeness (QED) is 0.601. The zero-order chi connectivity index (χ0) is 13.1. The number of benzene rings is 1. The molecular weight excluding hydrogens is 234 g/mol. The van der Waals surface area contributed by atoms with E-state index in [0.29, 0.717) is 11.3 Å². The lowest BCUT2D eigenvalue weighted by atomic mass is 10.1. The topological polar surface area (TPSA) is 66.2 Å². The van der Waals surface area contributed by atoms with Gasteiger partial charge < -0.3 is 9.47 Å². The SMILES string of the molecule is COC(=O)/C=C/c1cc(OC)c2c(c1)nnn2C. The number of rotatable bonds is 3. The van der Waals surface area contributed by atoms with Gasteiger partial charge >= 0.3 is 5.97 Å². The number of fused-ring (bicyclic) bond motifs is 1. The molecule has 18 heavy (non-hydrogen) atoms. The van der Waals surface area contributed by atoms with Crippen LogP contribution in [0.25, 0.3) is 17.1 Å². The minimum atomic E-state index is -0.409. The summed E-state index contributed by atoms with van der Waals surface area (Å²) in [6.07, 6.45) is 2.99. The third-order valence-electron chi connectivity index (χ3n) is 2.52. The fourth-order valence-corrected chi connectivity index (χ4v) is 1.66. The first kappa shape index (κ1) is 12.1. The van der Waals surface area contributed by atoms with E-state index in [4.69, 9.17) is 4.74 Å². The predicted molar refractivity (Wildman–Crippen MR) is 66.1 cm³/mol. The predicted octanol–water partition coefficient (Wildman–Crippen LogP) is 1.16. The molecule has 0 spiro atoms. The maximum atomic E-state index is 11.0. The molecule has 1 aromatic carbocycles. The van der Waals surface area contributed by atoms with Gasteiger partial charge in [-0.1, -0.05) is 5.21 Å². The van der Waals surface area contributed by atoms with E-state index >= 15 is 0 Å². The van der Waals surface area contributed by atoms with Crippen LogP contribution in [0, 0.1) is 0 Å². The number of methoxy groups -OCH3 is 2. The molecule has 0 bridgehead atoms. The molecule has 6 nitrogen and oxygen atoms in total. The van der Waals surface area contributed by atoms with E-state index in [0.717, 1.165) is 11.1 Å². The number of hydrogen-bond donors (Lipinski definition) is 0. The van der Waals surface area contributed by atoms with Crippen LogP contribution in [-0.4, -0.2) is 35.2 Å². The summed E-state index contributed by atoms with van der Waals surface area (Å²) in [5.74, 6) is 0.248. The largest absolute Gasteiger partial charge is 0.494 e. The average molecular weight is 247 g/mol. The van der Waals surface area contributed by atoms with Crippen LogP contribution in [0.4, 0.5) is 0 Å². The van der Waals surface area contributed by atoms with Crippen molar-refractivity contribution in [2.75, 3.05) is 14.2 Å². The van der Waals surface area contributed by atoms with Crippen LogP contribution < -0.4 is 4.74 Å². The van der Waals surface area contributed by atoms with E-state index in [1.165, 1.54) is 13.2 Å². The van der Waals surface area contributed by atoms with Crippen LogP contribution in [-0.2, 0) is 16.6 Å². The first-order valence-corrected chi connectivity index (χ1v) is 5.29. The summed E-state index contributed by atoms with van der Waals surface area (Å²) >= 11 is 0. The first-order valence-electron chi connectivity index (χ1n) is 5.29. The van der Waals surface area contributed by atoms with Gasteiger partial charge in [0.1, 0.15) is 16.8 Å². The molecule has 2 aromatic rings. The second-order valence-corrected chi connectivity index (χ2v) is 3.66. The van der Waals surface area contributed by atoms with Gasteiger partial charge in [0.25, 0.3) is 0 Å². The lowest BCUT2D eigenvalue weighted by Gasteiger charge is -2.04. The summed E-state index contributed by atoms with van der Waals surface area (Å²) in [7, 11) is 4.70. The molecular formula is C12H13N3O3. The molecule has 6 heteroatoms. The van der Waals surface area contributed by atoms with Crippen molar-refractivity contribution in [1.29, 1.82) is 0 Å². The molecule has 0 saturated carbocycles. The second-order valence-electron chi connectivity index (χ2n) is 3.66. The van der Waals surface area contributed by atoms with E-state index in [2.05, 4.69) is 15.0 Å². The molecule has 0 aliphatic carbocycles. The molecule has 0 fully saturated rings. The third kappa shape index (κ3) is 2.17. The maximum Gasteiger partial charge on any atom is 0.330 e. The Balaban J connectivity index is 2.48. The van der Waals surface area contributed by atoms with Crippen molar-refractivity contribution in [3.63, 3.8) is 0 Å². The van der Waals surface area contributed by atoms with Crippen LogP contribution in [0.5, 0.6) is 5.75 Å². The lowest BCUT2D eigenvalue weighted by molar-refractivity contribution is -0.134. The number of nitrogens with zero attached hydrogens (tertiary/aromatic N) is 3. The monoisotopic (exact) mass is 247 g/mol. The number of carbonyl (C=O) groups excluding carboxylic acids is 1. The number of carbonyl (C=O) groups is 1. The fourth-order valence-electron chi connectivity index (χ4n) is 1.66. The fraction of sp³-hybridized carbons (Fsp3) is 0.250. The Morgan fingerprint density at radius 2 is 2.17 bits per heavy atom. The van der Waals surface area contributed by atoms with E-state index in [-0.39, 0.29) is 0 Å². The lowest BCUT2D eigenvalue weighted by Crippen LogP contribution is -1.95. The number of esters is 1. The van der Waals surface area contributed by atoms with Crippen molar-refractivity contribution in [3.05, 3.63) is 23.8 Å². The summed E-state index contributed by atoms with van der Waals surface area (Å²) in [6, 6.07) is 3.63. The summed E-state index contributed by atoms with van der Waals surface area (Å²) in [6.45, 7) is 0. The van der Waals surface area contributed by atoms with Crippen LogP contribution >= 0.6 is 0 Å². The highest BCUT2D eigenvalue weighted by molar-refractivity contribution is 5.89. The zero-order valence-electron chi connectivity index (χ0n) is 10.4. The van der Waals surface area contributed by atoms with Gasteiger partial charge in [-0.15, -0.1) is 5.10 Å². The van der Waals surface area contributed by atoms with Gasteiger partial charge in [0.2, 0.25) is 0 Å². The third-order valence-corrected chi connectivity index (χ3v) is 2.52. The molecule has 94 valence electrons. The van der Waals surface area contributed by atoms with Gasteiger partial charge in [0.05, 0.1) is 14.2 Å². The maximum absolute atomic E-state index is 11.0. The van der Waals surface area contributed by atoms with Crippen LogP contribution in [0.2, 0.25) is 0 Å². The Kier molecular flexibility index (Phi) is 3.27. The normalized spacial score (nSPS) is 11.1. The minimum absolute atomic E-state index is 0.409. The Morgan fingerprint density at radius 3 is 2.83 bits per heavy atom. The second kappa shape index (κ2) is 4.87. The van der Waals surface area contributed by atoms with E-state index in [1.807, 2.05) is 12.1 Å². The van der Waals surface area contributed by atoms with Crippen molar-refractivity contribution in [2.24, 2.45) is 7.05 Å². The molecule has 0 aliphatic rings. The van der Waals surface area contributed by atoms with Crippen LogP contribution in [0.3, 0.4) is 0 Å². The molecule has 2 rings (SSSR count). The highest BCUT2D eigenvalue weighted by Gasteiger charge is 2.09. The standard InChI is InChI=1S/C12H13N3O3/c1-15-12-9(13-14-15)6-8(7-10(12)17-2)4-5-11(16)18-3/h4-7H,1-3H3/b5-4+. The van der Waals surface area contributed by atoms with E-state index < -0.39 is 5.97 Å². The van der Waals surface area contributed by atoms with Gasteiger partial charge in [-0.2, -0.15) is 0 Å². The summed E-state index contributed by atoms with van der Waals surface area (Å²) < 4.78 is 11.5. The molecule has 0 amide bonds. The molecule has 0 saturated heterocycles. The van der Waals surface area contributed by atoms with Gasteiger partial charge in [-0.3, -0.25) is 0 Å². The molecule has 0 radical (unpaired) electrons. The smallest absolute Gasteiger partial charge is 0.330 e. The molecule has 0 aliphatic heterocycles. The molecule has 1 aromatic heterocycles. The Hall–Kier alpha value is -2.37. The number of aryl methyl sites for hydroxylation is 1. The van der Waals surface area contributed by atoms with Gasteiger partial charge in [-0.05, 0) is 23.8 Å². The summed E-state index contributed by atoms with van der Waals surface area (Å²) in [4.78, 5) is 11.0. The highest BCUT2D eigenvalue weighted by atomic mass is 16.5. The van der Waals surface area contributed by atoms with Crippen molar-refractivity contribution in [3.8, 4) is 5.75 Å². The average Bonchev–Trinajstić information content (AvgIpc) is 2.76. The van der Waals surface area contributed by atoms with Crippen molar-refractivity contribution >= 4 is 23.1 Å². The van der Waals surface area contributed by atoms with Gasteiger partial charge in [0, 0.05) is 13.1 Å². The molecule has 0 N–H and O–H groups in total. The Morgan fingerprint density at radius 1 is 1.39 bits per heavy atom. The van der Waals surface area contributed by atoms with Crippen molar-refractivity contribution < 1.29 is 14.3 Å². The van der Waals surface area contributed by atoms with Gasteiger partial charge in [0.15, 0.2) is 0 Å². The van der Waals surface area contributed by atoms with E-state index in [9.17, 15) is 4.79 Å². The summed E-state index contributed by atoms with van der Waals surface area (Å²) in [5, 5.41) is 7.95. The molecule has 1 heterocycles. The van der Waals surface area contributed by atoms with Crippen LogP contribution in [0.15, 0.2) is 18.2 Å². The Labute approximate surface area is 104 Å². The van der Waals surface area contributed by atoms with E-state index in [1.54, 1.807) is 24.9 Å². The minimum Gasteiger partial charge on any atom is -0.494 e. The Bertz CT molecular complexity index is 616. The first-order chi connectivity index (χ1) is 8.65.